The summed E-state index contributed by atoms with van der Waals surface area (Å²) in [6.45, 7) is 3.86. The Morgan fingerprint density at radius 2 is 1.79 bits per heavy atom. The number of hydrogen-bond acceptors (Lipinski definition) is 6. The second kappa shape index (κ2) is 14.2. The van der Waals surface area contributed by atoms with Gasteiger partial charge in [-0.3, -0.25) is 0 Å². The zero-order valence-corrected chi connectivity index (χ0v) is 17.5. The normalized spacial score (nSPS) is 13.8. The quantitative estimate of drug-likeness (QED) is 0.283. The van der Waals surface area contributed by atoms with Crippen molar-refractivity contribution in [2.75, 3.05) is 6.61 Å². The van der Waals surface area contributed by atoms with Gasteiger partial charge in [0.15, 0.2) is 6.04 Å². The average molecular weight is 411 g/mol. The lowest BCUT2D eigenvalue weighted by Gasteiger charge is -2.10. The van der Waals surface area contributed by atoms with Crippen LogP contribution in [0.2, 0.25) is 0 Å². The smallest absolute Gasteiger partial charge is 0.343 e. The van der Waals surface area contributed by atoms with Crippen LogP contribution in [0.25, 0.3) is 0 Å². The Balaban J connectivity index is 2.42. The molecule has 1 rings (SSSR count). The molecule has 0 aliphatic heterocycles. The van der Waals surface area contributed by atoms with E-state index in [1.165, 1.54) is 26.2 Å². The molecule has 0 bridgehead atoms. The molecule has 1 aromatic rings. The molecule has 7 nitrogen and oxygen atoms in total. The SMILES string of the molecule is CCCCCCCCOC(=O)[C@H](C)O[P+]([O-])=N[C@@H](Cc1ccccc1)C(=O)O. The minimum absolute atomic E-state index is 0.0947. The minimum Gasteiger partial charge on any atom is -0.583 e. The van der Waals surface area contributed by atoms with Gasteiger partial charge in [0.05, 0.1) is 6.61 Å². The maximum atomic E-state index is 12.0. The Morgan fingerprint density at radius 3 is 2.43 bits per heavy atom. The van der Waals surface area contributed by atoms with Gasteiger partial charge in [-0.1, -0.05) is 74.1 Å². The van der Waals surface area contributed by atoms with Crippen molar-refractivity contribution in [3.05, 3.63) is 35.9 Å². The molecule has 0 spiro atoms. The Labute approximate surface area is 167 Å². The third-order valence-corrected chi connectivity index (χ3v) is 5.08. The number of carboxylic acids is 1. The van der Waals surface area contributed by atoms with Gasteiger partial charge in [0.25, 0.3) is 0 Å². The molecule has 0 aliphatic rings. The highest BCUT2D eigenvalue weighted by Crippen LogP contribution is 2.23. The third-order valence-electron chi connectivity index (χ3n) is 4.11. The van der Waals surface area contributed by atoms with Crippen LogP contribution in [0.1, 0.15) is 57.9 Å². The van der Waals surface area contributed by atoms with Crippen LogP contribution in [-0.4, -0.2) is 35.8 Å². The van der Waals surface area contributed by atoms with Crippen molar-refractivity contribution in [1.82, 2.24) is 0 Å². The van der Waals surface area contributed by atoms with Gasteiger partial charge in [0, 0.05) is 6.42 Å². The van der Waals surface area contributed by atoms with Crippen LogP contribution < -0.4 is 4.89 Å². The maximum absolute atomic E-state index is 12.0. The fourth-order valence-corrected chi connectivity index (χ4v) is 3.33. The fourth-order valence-electron chi connectivity index (χ4n) is 2.51. The Morgan fingerprint density at radius 1 is 1.14 bits per heavy atom. The van der Waals surface area contributed by atoms with E-state index in [4.69, 9.17) is 9.26 Å². The molecule has 28 heavy (non-hydrogen) atoms. The molecule has 0 radical (unpaired) electrons. The van der Waals surface area contributed by atoms with E-state index < -0.39 is 32.3 Å². The Bertz CT molecular complexity index is 622. The number of rotatable bonds is 14. The number of unbranched alkanes of at least 4 members (excludes halogenated alkanes) is 5. The number of nitrogens with zero attached hydrogens (tertiary/aromatic N) is 1. The summed E-state index contributed by atoms with van der Waals surface area (Å²) in [6.07, 6.45) is 5.47. The summed E-state index contributed by atoms with van der Waals surface area (Å²) in [5, 5.41) is 9.28. The largest absolute Gasteiger partial charge is 0.583 e. The van der Waals surface area contributed by atoms with Gasteiger partial charge in [-0.25, -0.2) is 9.59 Å². The summed E-state index contributed by atoms with van der Waals surface area (Å²) in [7, 11) is -2.66. The van der Waals surface area contributed by atoms with E-state index in [0.717, 1.165) is 24.8 Å². The van der Waals surface area contributed by atoms with Crippen LogP contribution in [0, 0.1) is 0 Å². The molecule has 0 saturated heterocycles. The zero-order chi connectivity index (χ0) is 20.8. The number of ether oxygens (including phenoxy) is 1. The van der Waals surface area contributed by atoms with Gasteiger partial charge in [-0.2, -0.15) is 0 Å². The summed E-state index contributed by atoms with van der Waals surface area (Å²) in [5.74, 6) is -1.82. The first-order valence-electron chi connectivity index (χ1n) is 9.72. The van der Waals surface area contributed by atoms with Crippen LogP contribution in [0.3, 0.4) is 0 Å². The molecular formula is C20H30NO6P. The zero-order valence-electron chi connectivity index (χ0n) is 16.6. The number of esters is 1. The topological polar surface area (TPSA) is 108 Å². The highest BCUT2D eigenvalue weighted by molar-refractivity contribution is 7.33. The van der Waals surface area contributed by atoms with E-state index in [-0.39, 0.29) is 6.42 Å². The predicted octanol–water partition coefficient (Wildman–Crippen LogP) is 3.85. The fraction of sp³-hybridized carbons (Fsp3) is 0.600. The van der Waals surface area contributed by atoms with Crippen LogP contribution in [0.5, 0.6) is 0 Å². The molecule has 8 heteroatoms. The molecule has 0 saturated carbocycles. The van der Waals surface area contributed by atoms with Crippen molar-refractivity contribution >= 4 is 20.1 Å². The van der Waals surface area contributed by atoms with Gasteiger partial charge in [0.2, 0.25) is 6.10 Å². The van der Waals surface area contributed by atoms with Crippen molar-refractivity contribution < 1.29 is 28.8 Å². The monoisotopic (exact) mass is 411 g/mol. The molecule has 0 aliphatic carbocycles. The number of aliphatic carboxylic acids is 1. The summed E-state index contributed by atoms with van der Waals surface area (Å²) in [6, 6.07) is 7.71. The maximum Gasteiger partial charge on any atom is 0.343 e. The van der Waals surface area contributed by atoms with Crippen molar-refractivity contribution in [3.63, 3.8) is 0 Å². The molecule has 156 valence electrons. The van der Waals surface area contributed by atoms with Gasteiger partial charge in [0.1, 0.15) is 0 Å². The third kappa shape index (κ3) is 10.5. The lowest BCUT2D eigenvalue weighted by Crippen LogP contribution is -2.24. The minimum atomic E-state index is -2.66. The van der Waals surface area contributed by atoms with Gasteiger partial charge < -0.3 is 14.7 Å². The number of carbonyl (C=O) groups excluding carboxylic acids is 1. The highest BCUT2D eigenvalue weighted by Gasteiger charge is 2.25. The first-order valence-corrected chi connectivity index (χ1v) is 10.8. The van der Waals surface area contributed by atoms with E-state index in [0.29, 0.717) is 6.61 Å². The molecule has 0 heterocycles. The van der Waals surface area contributed by atoms with Crippen molar-refractivity contribution in [3.8, 4) is 0 Å². The standard InChI is InChI=1S/C20H30NO6P/c1-3-4-5-6-7-11-14-26-20(24)16(2)27-28(25)21-18(19(22)23)15-17-12-9-8-10-13-17/h8-10,12-13,16,18H,3-7,11,14-15H2,1-2H3,(H,22,23)/t16-,18-/m0/s1. The number of carboxylic acid groups (broad SMARTS) is 1. The Hall–Kier alpha value is -1.82. The number of benzene rings is 1. The molecule has 0 amide bonds. The van der Waals surface area contributed by atoms with E-state index in [1.807, 2.05) is 6.07 Å². The first kappa shape index (κ1) is 24.2. The van der Waals surface area contributed by atoms with E-state index in [9.17, 15) is 19.6 Å². The van der Waals surface area contributed by atoms with Crippen LogP contribution >= 0.6 is 8.17 Å². The van der Waals surface area contributed by atoms with Crippen LogP contribution in [0.4, 0.5) is 0 Å². The molecule has 1 N–H and O–H groups in total. The summed E-state index contributed by atoms with van der Waals surface area (Å²) in [5.41, 5.74) is 0.758. The van der Waals surface area contributed by atoms with Gasteiger partial charge in [-0.05, 0) is 18.9 Å². The average Bonchev–Trinajstić information content (AvgIpc) is 2.67. The molecule has 0 aromatic heterocycles. The second-order valence-electron chi connectivity index (χ2n) is 6.58. The van der Waals surface area contributed by atoms with Crippen molar-refractivity contribution in [1.29, 1.82) is 0 Å². The highest BCUT2D eigenvalue weighted by atomic mass is 31.1. The Kier molecular flexibility index (Phi) is 12.3. The lowest BCUT2D eigenvalue weighted by molar-refractivity contribution is -0.184. The molecular weight excluding hydrogens is 381 g/mol. The molecule has 1 aromatic carbocycles. The van der Waals surface area contributed by atoms with E-state index in [1.54, 1.807) is 24.3 Å². The van der Waals surface area contributed by atoms with Crippen molar-refractivity contribution in [2.24, 2.45) is 4.74 Å². The van der Waals surface area contributed by atoms with Crippen molar-refractivity contribution in [2.45, 2.75) is 70.9 Å². The summed E-state index contributed by atoms with van der Waals surface area (Å²) < 4.78 is 13.9. The molecule has 3 atom stereocenters. The van der Waals surface area contributed by atoms with Crippen LogP contribution in [0.15, 0.2) is 35.1 Å². The predicted molar refractivity (Wildman–Crippen MR) is 106 cm³/mol. The molecule has 0 fully saturated rings. The number of carbonyl (C=O) groups is 2. The van der Waals surface area contributed by atoms with E-state index >= 15 is 0 Å². The van der Waals surface area contributed by atoms with E-state index in [2.05, 4.69) is 11.7 Å². The number of hydrogen-bond donors (Lipinski definition) is 1. The van der Waals surface area contributed by atoms with Gasteiger partial charge in [-0.15, -0.1) is 4.52 Å². The lowest BCUT2D eigenvalue weighted by atomic mass is 10.1. The van der Waals surface area contributed by atoms with Crippen LogP contribution in [-0.2, 0) is 25.3 Å². The summed E-state index contributed by atoms with van der Waals surface area (Å²) in [4.78, 5) is 35.3. The van der Waals surface area contributed by atoms with Gasteiger partial charge >= 0.3 is 20.1 Å². The second-order valence-corrected chi connectivity index (χ2v) is 7.50. The molecule has 1 unspecified atom stereocenters. The first-order chi connectivity index (χ1) is 13.4. The summed E-state index contributed by atoms with van der Waals surface area (Å²) >= 11 is 0.